The number of rotatable bonds is 4. The van der Waals surface area contributed by atoms with Crippen molar-refractivity contribution in [1.29, 1.82) is 0 Å². The highest BCUT2D eigenvalue weighted by Gasteiger charge is 2.21. The zero-order valence-electron chi connectivity index (χ0n) is 17.8. The summed E-state index contributed by atoms with van der Waals surface area (Å²) in [5.41, 5.74) is 3.19. The van der Waals surface area contributed by atoms with Gasteiger partial charge in [-0.3, -0.25) is 0 Å². The minimum Gasteiger partial charge on any atom is -0.306 e. The molecule has 1 aliphatic heterocycles. The quantitative estimate of drug-likeness (QED) is 0.543. The fourth-order valence-corrected chi connectivity index (χ4v) is 4.73. The summed E-state index contributed by atoms with van der Waals surface area (Å²) in [6, 6.07) is 8.84. The van der Waals surface area contributed by atoms with Crippen LogP contribution in [0.4, 0.5) is 0 Å². The Hall–Kier alpha value is -0.990. The van der Waals surface area contributed by atoms with Gasteiger partial charge in [-0.2, -0.15) is 0 Å². The van der Waals surface area contributed by atoms with E-state index in [1.807, 2.05) is 25.6 Å². The van der Waals surface area contributed by atoms with Gasteiger partial charge in [-0.1, -0.05) is 82.3 Å². The van der Waals surface area contributed by atoms with Gasteiger partial charge in [-0.15, -0.1) is 0 Å². The normalized spacial score (nSPS) is 18.0. The molecular formula is C24H39NS. The molecule has 146 valence electrons. The first-order valence-electron chi connectivity index (χ1n) is 10.5. The second-order valence-electron chi connectivity index (χ2n) is 6.95. The maximum Gasteiger partial charge on any atom is 0.0154 e. The lowest BCUT2D eigenvalue weighted by Gasteiger charge is -2.18. The van der Waals surface area contributed by atoms with Gasteiger partial charge >= 0.3 is 0 Å². The van der Waals surface area contributed by atoms with Crippen molar-refractivity contribution in [2.45, 2.75) is 71.6 Å². The first-order valence-corrected chi connectivity index (χ1v) is 11.3. The van der Waals surface area contributed by atoms with Crippen LogP contribution in [0.1, 0.15) is 65.9 Å². The zero-order valence-corrected chi connectivity index (χ0v) is 18.7. The van der Waals surface area contributed by atoms with Gasteiger partial charge in [-0.05, 0) is 69.8 Å². The Kier molecular flexibility index (Phi) is 11.7. The highest BCUT2D eigenvalue weighted by Crippen LogP contribution is 2.42. The van der Waals surface area contributed by atoms with Crippen molar-refractivity contribution < 1.29 is 0 Å². The van der Waals surface area contributed by atoms with Crippen LogP contribution in [0.2, 0.25) is 0 Å². The Morgan fingerprint density at radius 3 is 2.38 bits per heavy atom. The average molecular weight is 374 g/mol. The number of hydrogen-bond acceptors (Lipinski definition) is 2. The number of nitrogens with zero attached hydrogens (tertiary/aromatic N) is 1. The zero-order chi connectivity index (χ0) is 19.4. The van der Waals surface area contributed by atoms with Crippen molar-refractivity contribution in [3.8, 4) is 0 Å². The number of fused-ring (bicyclic) bond motifs is 1. The van der Waals surface area contributed by atoms with E-state index in [-0.39, 0.29) is 0 Å². The van der Waals surface area contributed by atoms with Crippen molar-refractivity contribution >= 4 is 11.8 Å². The molecule has 0 saturated carbocycles. The molecule has 0 aromatic heterocycles. The highest BCUT2D eigenvalue weighted by atomic mass is 32.2. The van der Waals surface area contributed by atoms with E-state index < -0.39 is 0 Å². The van der Waals surface area contributed by atoms with E-state index in [9.17, 15) is 0 Å². The molecule has 26 heavy (non-hydrogen) atoms. The predicted octanol–water partition coefficient (Wildman–Crippen LogP) is 7.34. The SMILES string of the molecule is CC.CC1Cc2ccccc2SC2=C1CCC=C2.CCCN(C)CCC. The van der Waals surface area contributed by atoms with E-state index in [0.29, 0.717) is 5.92 Å². The van der Waals surface area contributed by atoms with Crippen LogP contribution < -0.4 is 0 Å². The van der Waals surface area contributed by atoms with Crippen LogP contribution in [0.5, 0.6) is 0 Å². The number of thioether (sulfide) groups is 1. The molecule has 0 radical (unpaired) electrons. The summed E-state index contributed by atoms with van der Waals surface area (Å²) in [6.45, 7) is 13.3. The Balaban J connectivity index is 0.000000290. The van der Waals surface area contributed by atoms with Crippen LogP contribution in [0, 0.1) is 5.92 Å². The Morgan fingerprint density at radius 2 is 1.73 bits per heavy atom. The van der Waals surface area contributed by atoms with Crippen LogP contribution in [0.3, 0.4) is 0 Å². The summed E-state index contributed by atoms with van der Waals surface area (Å²) in [6.07, 6.45) is 10.9. The summed E-state index contributed by atoms with van der Waals surface area (Å²) < 4.78 is 0. The summed E-state index contributed by atoms with van der Waals surface area (Å²) >= 11 is 1.96. The van der Waals surface area contributed by atoms with E-state index >= 15 is 0 Å². The third-order valence-electron chi connectivity index (χ3n) is 4.69. The maximum atomic E-state index is 2.37. The number of benzene rings is 1. The van der Waals surface area contributed by atoms with Crippen LogP contribution in [0.25, 0.3) is 0 Å². The van der Waals surface area contributed by atoms with E-state index in [0.717, 1.165) is 0 Å². The minimum atomic E-state index is 0.705. The molecule has 0 fully saturated rings. The van der Waals surface area contributed by atoms with E-state index in [1.165, 1.54) is 60.6 Å². The van der Waals surface area contributed by atoms with Gasteiger partial charge in [0.05, 0.1) is 0 Å². The van der Waals surface area contributed by atoms with Gasteiger partial charge in [0.1, 0.15) is 0 Å². The molecule has 0 N–H and O–H groups in total. The molecule has 3 rings (SSSR count). The first kappa shape index (κ1) is 23.0. The van der Waals surface area contributed by atoms with Crippen molar-refractivity contribution in [2.75, 3.05) is 20.1 Å². The summed E-state index contributed by atoms with van der Waals surface area (Å²) in [7, 11) is 2.17. The maximum absolute atomic E-state index is 2.37. The number of hydrogen-bond donors (Lipinski definition) is 0. The second-order valence-corrected chi connectivity index (χ2v) is 8.03. The largest absolute Gasteiger partial charge is 0.306 e. The van der Waals surface area contributed by atoms with Crippen LogP contribution in [-0.4, -0.2) is 25.0 Å². The summed E-state index contributed by atoms with van der Waals surface area (Å²) in [4.78, 5) is 5.31. The van der Waals surface area contributed by atoms with Crippen molar-refractivity contribution in [2.24, 2.45) is 5.92 Å². The van der Waals surface area contributed by atoms with Crippen molar-refractivity contribution in [3.63, 3.8) is 0 Å². The lowest BCUT2D eigenvalue weighted by atomic mass is 9.88. The van der Waals surface area contributed by atoms with E-state index in [1.54, 1.807) is 5.57 Å². The third-order valence-corrected chi connectivity index (χ3v) is 5.93. The lowest BCUT2D eigenvalue weighted by molar-refractivity contribution is 0.335. The van der Waals surface area contributed by atoms with Gasteiger partial charge in [0.2, 0.25) is 0 Å². The van der Waals surface area contributed by atoms with Crippen molar-refractivity contribution in [1.82, 2.24) is 4.90 Å². The second kappa shape index (κ2) is 13.2. The van der Waals surface area contributed by atoms with E-state index in [4.69, 9.17) is 0 Å². The molecule has 0 saturated heterocycles. The molecular weight excluding hydrogens is 334 g/mol. The fraction of sp³-hybridized carbons (Fsp3) is 0.583. The molecule has 1 nitrogen and oxygen atoms in total. The lowest BCUT2D eigenvalue weighted by Crippen LogP contribution is -2.19. The minimum absolute atomic E-state index is 0.705. The van der Waals surface area contributed by atoms with Crippen LogP contribution >= 0.6 is 11.8 Å². The van der Waals surface area contributed by atoms with Crippen LogP contribution in [0.15, 0.2) is 51.8 Å². The Bertz CT molecular complexity index is 567. The molecule has 2 aliphatic rings. The van der Waals surface area contributed by atoms with Gasteiger partial charge in [0.15, 0.2) is 0 Å². The molecule has 1 heterocycles. The van der Waals surface area contributed by atoms with Gasteiger partial charge in [0, 0.05) is 9.80 Å². The smallest absolute Gasteiger partial charge is 0.0154 e. The Morgan fingerprint density at radius 1 is 1.08 bits per heavy atom. The summed E-state index contributed by atoms with van der Waals surface area (Å²) in [5.74, 6) is 0.705. The topological polar surface area (TPSA) is 3.24 Å². The first-order chi connectivity index (χ1) is 12.7. The highest BCUT2D eigenvalue weighted by molar-refractivity contribution is 8.03. The molecule has 1 aliphatic carbocycles. The molecule has 0 spiro atoms. The number of allylic oxidation sites excluding steroid dienone is 3. The fourth-order valence-electron chi connectivity index (χ4n) is 3.47. The molecule has 1 aromatic rings. The average Bonchev–Trinajstić information content (AvgIpc) is 2.80. The standard InChI is InChI=1S/C15H16S.C7H17N.C2H6/c1-11-10-12-6-2-4-8-14(12)16-15-9-5-3-7-13(11)15;1-4-6-8(3)7-5-2;1-2/h2,4-6,8-9,11H,3,7,10H2,1H3;4-7H2,1-3H3;1-2H3. The van der Waals surface area contributed by atoms with Crippen molar-refractivity contribution in [3.05, 3.63) is 52.5 Å². The predicted molar refractivity (Wildman–Crippen MR) is 120 cm³/mol. The van der Waals surface area contributed by atoms with E-state index in [2.05, 4.69) is 69.1 Å². The van der Waals surface area contributed by atoms with Crippen LogP contribution in [-0.2, 0) is 6.42 Å². The third kappa shape index (κ3) is 7.32. The van der Waals surface area contributed by atoms with Gasteiger partial charge < -0.3 is 4.90 Å². The Labute approximate surface area is 167 Å². The molecule has 2 heteroatoms. The molecule has 0 bridgehead atoms. The monoisotopic (exact) mass is 373 g/mol. The summed E-state index contributed by atoms with van der Waals surface area (Å²) in [5, 5.41) is 0. The van der Waals surface area contributed by atoms with Gasteiger partial charge in [0.25, 0.3) is 0 Å². The molecule has 1 aromatic carbocycles. The molecule has 0 amide bonds. The molecule has 1 unspecified atom stereocenters. The molecule has 1 atom stereocenters. The van der Waals surface area contributed by atoms with Gasteiger partial charge in [-0.25, -0.2) is 0 Å².